The second kappa shape index (κ2) is 5.80. The molecule has 2 aliphatic carbocycles. The van der Waals surface area contributed by atoms with Crippen LogP contribution in [-0.2, 0) is 9.47 Å². The number of ether oxygens (including phenoxy) is 2. The van der Waals surface area contributed by atoms with Crippen molar-refractivity contribution in [2.75, 3.05) is 39.5 Å². The van der Waals surface area contributed by atoms with Crippen LogP contribution in [0.1, 0.15) is 40.0 Å². The summed E-state index contributed by atoms with van der Waals surface area (Å²) in [6, 6.07) is 0. The van der Waals surface area contributed by atoms with Crippen LogP contribution in [0, 0.1) is 16.7 Å². The molecule has 3 rings (SSSR count). The zero-order valence-corrected chi connectivity index (χ0v) is 13.8. The first-order valence-electron chi connectivity index (χ1n) is 8.53. The van der Waals surface area contributed by atoms with Crippen molar-refractivity contribution in [2.45, 2.75) is 52.2 Å². The molecule has 3 aliphatic rings. The molecule has 0 aromatic rings. The highest BCUT2D eigenvalue weighted by Crippen LogP contribution is 2.66. The van der Waals surface area contributed by atoms with Gasteiger partial charge in [0.1, 0.15) is 0 Å². The molecule has 1 aliphatic heterocycles. The van der Waals surface area contributed by atoms with Crippen LogP contribution in [0.15, 0.2) is 0 Å². The topological polar surface area (TPSA) is 41.9 Å². The van der Waals surface area contributed by atoms with Gasteiger partial charge in [-0.05, 0) is 36.0 Å². The lowest BCUT2D eigenvalue weighted by molar-refractivity contribution is -0.0831. The summed E-state index contributed by atoms with van der Waals surface area (Å²) in [6.45, 7) is 11.8. The number of hydrogen-bond donors (Lipinski definition) is 1. The normalized spacial score (nSPS) is 40.6. The van der Waals surface area contributed by atoms with Gasteiger partial charge in [-0.25, -0.2) is 0 Å². The van der Waals surface area contributed by atoms with Gasteiger partial charge in [0.25, 0.3) is 0 Å². The van der Waals surface area contributed by atoms with Gasteiger partial charge in [0, 0.05) is 19.6 Å². The predicted octanol–water partition coefficient (Wildman–Crippen LogP) is 1.91. The first kappa shape index (κ1) is 15.7. The Labute approximate surface area is 128 Å². The summed E-state index contributed by atoms with van der Waals surface area (Å²) < 4.78 is 11.5. The van der Waals surface area contributed by atoms with Gasteiger partial charge < -0.3 is 14.6 Å². The lowest BCUT2D eigenvalue weighted by Crippen LogP contribution is -2.43. The minimum atomic E-state index is -0.381. The maximum atomic E-state index is 10.2. The van der Waals surface area contributed by atoms with Gasteiger partial charge in [-0.1, -0.05) is 20.8 Å². The average Bonchev–Trinajstić information content (AvgIpc) is 2.79. The third-order valence-corrected chi connectivity index (χ3v) is 6.78. The molecule has 21 heavy (non-hydrogen) atoms. The number of nitrogens with zero attached hydrogens (tertiary/aromatic N) is 1. The number of aliphatic hydroxyl groups is 1. The quantitative estimate of drug-likeness (QED) is 0.842. The van der Waals surface area contributed by atoms with E-state index in [1.54, 1.807) is 0 Å². The Bertz CT molecular complexity index is 367. The number of aliphatic hydroxyl groups excluding tert-OH is 1. The molecular formula is C17H31NO3. The predicted molar refractivity (Wildman–Crippen MR) is 82.2 cm³/mol. The summed E-state index contributed by atoms with van der Waals surface area (Å²) in [5.41, 5.74) is 0.670. The lowest BCUT2D eigenvalue weighted by atomic mass is 9.70. The number of rotatable bonds is 5. The third kappa shape index (κ3) is 2.76. The van der Waals surface area contributed by atoms with Gasteiger partial charge in [-0.15, -0.1) is 0 Å². The molecule has 0 radical (unpaired) electrons. The molecule has 4 heteroatoms. The maximum absolute atomic E-state index is 10.2. The van der Waals surface area contributed by atoms with Crippen molar-refractivity contribution >= 4 is 0 Å². The summed E-state index contributed by atoms with van der Waals surface area (Å²) in [5, 5.41) is 10.2. The number of fused-ring (bicyclic) bond motifs is 2. The molecule has 1 N–H and O–H groups in total. The van der Waals surface area contributed by atoms with E-state index in [1.165, 1.54) is 19.3 Å². The van der Waals surface area contributed by atoms with E-state index in [0.717, 1.165) is 32.2 Å². The van der Waals surface area contributed by atoms with Crippen molar-refractivity contribution in [2.24, 2.45) is 16.7 Å². The largest absolute Gasteiger partial charge is 0.389 e. The molecule has 4 nitrogen and oxygen atoms in total. The van der Waals surface area contributed by atoms with Gasteiger partial charge in [0.2, 0.25) is 0 Å². The van der Waals surface area contributed by atoms with Crippen molar-refractivity contribution in [3.05, 3.63) is 0 Å². The summed E-state index contributed by atoms with van der Waals surface area (Å²) in [6.07, 6.45) is 3.74. The molecule has 2 saturated carbocycles. The Balaban J connectivity index is 1.47. The maximum Gasteiger partial charge on any atom is 0.0900 e. The first-order chi connectivity index (χ1) is 9.93. The number of hydrogen-bond acceptors (Lipinski definition) is 4. The second-order valence-corrected chi connectivity index (χ2v) is 8.00. The van der Waals surface area contributed by atoms with Crippen LogP contribution in [0.3, 0.4) is 0 Å². The fraction of sp³-hybridized carbons (Fsp3) is 1.00. The summed E-state index contributed by atoms with van der Waals surface area (Å²) in [7, 11) is 0. The minimum absolute atomic E-state index is 0.288. The molecule has 1 heterocycles. The van der Waals surface area contributed by atoms with Crippen molar-refractivity contribution in [1.29, 1.82) is 0 Å². The van der Waals surface area contributed by atoms with E-state index in [9.17, 15) is 5.11 Å². The monoisotopic (exact) mass is 297 g/mol. The molecule has 4 atom stereocenters. The van der Waals surface area contributed by atoms with E-state index in [-0.39, 0.29) is 11.5 Å². The minimum Gasteiger partial charge on any atom is -0.389 e. The Morgan fingerprint density at radius 1 is 1.29 bits per heavy atom. The molecule has 0 aromatic carbocycles. The molecule has 0 amide bonds. The van der Waals surface area contributed by atoms with Gasteiger partial charge >= 0.3 is 0 Å². The smallest absolute Gasteiger partial charge is 0.0900 e. The molecule has 2 bridgehead atoms. The first-order valence-corrected chi connectivity index (χ1v) is 8.53. The average molecular weight is 297 g/mol. The SMILES string of the molecule is CC1(C)C2CCC1(C)[C@H](OCC(O)CN1CCOCC1)C2. The van der Waals surface area contributed by atoms with Crippen LogP contribution >= 0.6 is 0 Å². The molecule has 0 spiro atoms. The van der Waals surface area contributed by atoms with E-state index < -0.39 is 0 Å². The molecule has 122 valence electrons. The molecule has 1 saturated heterocycles. The van der Waals surface area contributed by atoms with Crippen LogP contribution in [0.25, 0.3) is 0 Å². The lowest BCUT2D eigenvalue weighted by Gasteiger charge is -2.39. The fourth-order valence-corrected chi connectivity index (χ4v) is 4.74. The Morgan fingerprint density at radius 2 is 2.00 bits per heavy atom. The van der Waals surface area contributed by atoms with E-state index in [4.69, 9.17) is 9.47 Å². The van der Waals surface area contributed by atoms with E-state index in [0.29, 0.717) is 24.7 Å². The van der Waals surface area contributed by atoms with Crippen LogP contribution in [0.5, 0.6) is 0 Å². The highest BCUT2D eigenvalue weighted by atomic mass is 16.5. The van der Waals surface area contributed by atoms with Crippen LogP contribution in [0.2, 0.25) is 0 Å². The number of morpholine rings is 1. The highest BCUT2D eigenvalue weighted by Gasteiger charge is 2.61. The van der Waals surface area contributed by atoms with E-state index >= 15 is 0 Å². The molecular weight excluding hydrogens is 266 g/mol. The zero-order valence-electron chi connectivity index (χ0n) is 13.8. The highest BCUT2D eigenvalue weighted by molar-refractivity contribution is 5.11. The number of β-amino-alcohol motifs (C(OH)–C–C–N with tert-alkyl or cyclic N) is 1. The Morgan fingerprint density at radius 3 is 2.57 bits per heavy atom. The molecule has 0 aromatic heterocycles. The van der Waals surface area contributed by atoms with E-state index in [2.05, 4.69) is 25.7 Å². The summed E-state index contributed by atoms with van der Waals surface area (Å²) in [5.74, 6) is 0.795. The van der Waals surface area contributed by atoms with Gasteiger partial charge in [0.05, 0.1) is 32.0 Å². The second-order valence-electron chi connectivity index (χ2n) is 8.00. The van der Waals surface area contributed by atoms with Gasteiger partial charge in [0.15, 0.2) is 0 Å². The van der Waals surface area contributed by atoms with Crippen molar-refractivity contribution in [3.63, 3.8) is 0 Å². The van der Waals surface area contributed by atoms with Crippen LogP contribution in [-0.4, -0.2) is 61.7 Å². The van der Waals surface area contributed by atoms with Gasteiger partial charge in [-0.3, -0.25) is 4.90 Å². The van der Waals surface area contributed by atoms with Crippen LogP contribution in [0.4, 0.5) is 0 Å². The zero-order chi connectivity index (χ0) is 15.1. The Hall–Kier alpha value is -0.160. The third-order valence-electron chi connectivity index (χ3n) is 6.78. The Kier molecular flexibility index (Phi) is 4.34. The molecule has 3 fully saturated rings. The van der Waals surface area contributed by atoms with Gasteiger partial charge in [-0.2, -0.15) is 0 Å². The van der Waals surface area contributed by atoms with Crippen molar-refractivity contribution in [1.82, 2.24) is 4.90 Å². The van der Waals surface area contributed by atoms with Crippen molar-refractivity contribution in [3.8, 4) is 0 Å². The molecule has 3 unspecified atom stereocenters. The van der Waals surface area contributed by atoms with Crippen molar-refractivity contribution < 1.29 is 14.6 Å². The standard InChI is InChI=1S/C17H31NO3/c1-16(2)13-4-5-17(16,3)15(10-13)21-12-14(19)11-18-6-8-20-9-7-18/h13-15,19H,4-12H2,1-3H3/t13?,14?,15-,17?/m1/s1. The van der Waals surface area contributed by atoms with E-state index in [1.807, 2.05) is 0 Å². The summed E-state index contributed by atoms with van der Waals surface area (Å²) in [4.78, 5) is 2.27. The van der Waals surface area contributed by atoms with Crippen LogP contribution < -0.4 is 0 Å². The fourth-order valence-electron chi connectivity index (χ4n) is 4.74. The summed E-state index contributed by atoms with van der Waals surface area (Å²) >= 11 is 0.